The Morgan fingerprint density at radius 3 is 2.43 bits per heavy atom. The van der Waals surface area contributed by atoms with Crippen molar-refractivity contribution in [3.05, 3.63) is 51.8 Å². The van der Waals surface area contributed by atoms with Crippen LogP contribution in [0.4, 0.5) is 0 Å². The number of nitrogens with zero attached hydrogens (tertiary/aromatic N) is 1. The summed E-state index contributed by atoms with van der Waals surface area (Å²) in [6.45, 7) is 0.590. The minimum absolute atomic E-state index is 0.291. The highest BCUT2D eigenvalue weighted by molar-refractivity contribution is 9.10. The van der Waals surface area contributed by atoms with Crippen molar-refractivity contribution >= 4 is 37.3 Å². The number of nitrogens with one attached hydrogen (secondary N) is 1. The van der Waals surface area contributed by atoms with Crippen LogP contribution in [0.5, 0.6) is 0 Å². The van der Waals surface area contributed by atoms with Gasteiger partial charge < -0.3 is 4.90 Å². The Kier molecular flexibility index (Phi) is 5.56. The predicted octanol–water partition coefficient (Wildman–Crippen LogP) is 3.09. The maximum Gasteiger partial charge on any atom is 0.251 e. The summed E-state index contributed by atoms with van der Waals surface area (Å²) in [6.07, 6.45) is 0. The summed E-state index contributed by atoms with van der Waals surface area (Å²) in [7, 11) is 0.298. The van der Waals surface area contributed by atoms with Gasteiger partial charge in [-0.3, -0.25) is 0 Å². The van der Waals surface area contributed by atoms with Gasteiger partial charge in [-0.05, 0) is 47.0 Å². The van der Waals surface area contributed by atoms with Crippen LogP contribution in [-0.4, -0.2) is 34.0 Å². The highest BCUT2D eigenvalue weighted by Crippen LogP contribution is 2.29. The zero-order valence-electron chi connectivity index (χ0n) is 11.8. The van der Waals surface area contributed by atoms with E-state index in [2.05, 4.69) is 20.7 Å². The third kappa shape index (κ3) is 4.37. The van der Waals surface area contributed by atoms with Gasteiger partial charge in [0.25, 0.3) is 10.0 Å². The second-order valence-electron chi connectivity index (χ2n) is 4.90. The minimum Gasteiger partial charge on any atom is -0.307 e. The number of hydrogen-bond acceptors (Lipinski definition) is 4. The predicted molar refractivity (Wildman–Crippen MR) is 90.1 cm³/mol. The normalized spacial score (nSPS) is 13.5. The van der Waals surface area contributed by atoms with E-state index in [1.165, 1.54) is 11.3 Å². The summed E-state index contributed by atoms with van der Waals surface area (Å²) in [6, 6.07) is 11.0. The molecule has 1 atom stereocenters. The van der Waals surface area contributed by atoms with Gasteiger partial charge in [-0.25, -0.2) is 13.1 Å². The number of rotatable bonds is 6. The maximum absolute atomic E-state index is 12.5. The Hall–Kier alpha value is -0.730. The van der Waals surface area contributed by atoms with E-state index in [0.717, 1.165) is 5.56 Å². The first-order chi connectivity index (χ1) is 9.90. The van der Waals surface area contributed by atoms with Gasteiger partial charge in [0.05, 0.1) is 6.04 Å². The van der Waals surface area contributed by atoms with Crippen LogP contribution in [0.2, 0.25) is 0 Å². The van der Waals surface area contributed by atoms with Crippen LogP contribution in [0.25, 0.3) is 0 Å². The quantitative estimate of drug-likeness (QED) is 0.826. The van der Waals surface area contributed by atoms with Crippen LogP contribution < -0.4 is 4.72 Å². The first kappa shape index (κ1) is 16.6. The van der Waals surface area contributed by atoms with Gasteiger partial charge >= 0.3 is 0 Å². The average Bonchev–Trinajstić information content (AvgIpc) is 2.85. The van der Waals surface area contributed by atoms with Crippen molar-refractivity contribution in [3.8, 4) is 0 Å². The number of hydrogen-bond donors (Lipinski definition) is 1. The van der Waals surface area contributed by atoms with Gasteiger partial charge in [0, 0.05) is 11.0 Å². The van der Waals surface area contributed by atoms with E-state index in [-0.39, 0.29) is 6.04 Å². The van der Waals surface area contributed by atoms with Crippen LogP contribution in [0.3, 0.4) is 0 Å². The lowest BCUT2D eigenvalue weighted by Crippen LogP contribution is -2.35. The van der Waals surface area contributed by atoms with Crippen molar-refractivity contribution in [1.82, 2.24) is 9.62 Å². The molecule has 1 aromatic carbocycles. The summed E-state index contributed by atoms with van der Waals surface area (Å²) in [5, 5.41) is 1.75. The molecule has 0 saturated carbocycles. The molecule has 1 unspecified atom stereocenters. The molecule has 1 N–H and O–H groups in total. The monoisotopic (exact) mass is 388 g/mol. The third-order valence-electron chi connectivity index (χ3n) is 2.88. The zero-order chi connectivity index (χ0) is 15.5. The molecule has 0 fully saturated rings. The molecule has 7 heteroatoms. The highest BCUT2D eigenvalue weighted by atomic mass is 79.9. The standard InChI is InChI=1S/C14H17BrN2O2S2/c1-17(2)10-13(11-6-4-3-5-7-11)16-21(18,19)14-12(15)8-9-20-14/h3-9,13,16H,10H2,1-2H3. The molecule has 2 aromatic rings. The van der Waals surface area contributed by atoms with Crippen LogP contribution >= 0.6 is 27.3 Å². The van der Waals surface area contributed by atoms with Gasteiger partial charge in [-0.15, -0.1) is 11.3 Å². The van der Waals surface area contributed by atoms with Crippen LogP contribution in [0.1, 0.15) is 11.6 Å². The molecule has 114 valence electrons. The first-order valence-corrected chi connectivity index (χ1v) is 9.51. The number of benzene rings is 1. The Morgan fingerprint density at radius 1 is 1.24 bits per heavy atom. The smallest absolute Gasteiger partial charge is 0.251 e. The van der Waals surface area contributed by atoms with Gasteiger partial charge in [-0.2, -0.15) is 0 Å². The molecule has 2 rings (SSSR count). The van der Waals surface area contributed by atoms with E-state index < -0.39 is 10.0 Å². The van der Waals surface area contributed by atoms with Crippen LogP contribution in [0, 0.1) is 0 Å². The summed E-state index contributed by atoms with van der Waals surface area (Å²) >= 11 is 4.48. The van der Waals surface area contributed by atoms with Crippen molar-refractivity contribution < 1.29 is 8.42 Å². The molecule has 0 aliphatic heterocycles. The molecule has 0 radical (unpaired) electrons. The zero-order valence-corrected chi connectivity index (χ0v) is 15.0. The lowest BCUT2D eigenvalue weighted by atomic mass is 10.1. The van der Waals surface area contributed by atoms with E-state index in [1.807, 2.05) is 49.3 Å². The molecule has 4 nitrogen and oxygen atoms in total. The van der Waals surface area contributed by atoms with E-state index in [9.17, 15) is 8.42 Å². The summed E-state index contributed by atoms with van der Waals surface area (Å²) in [5.41, 5.74) is 0.947. The molecule has 0 bridgehead atoms. The lowest BCUT2D eigenvalue weighted by Gasteiger charge is -2.22. The summed E-state index contributed by atoms with van der Waals surface area (Å²) < 4.78 is 28.8. The number of halogens is 1. The minimum atomic E-state index is -3.55. The fourth-order valence-electron chi connectivity index (χ4n) is 1.97. The fraction of sp³-hybridized carbons (Fsp3) is 0.286. The Morgan fingerprint density at radius 2 is 1.90 bits per heavy atom. The molecule has 0 spiro atoms. The molecular formula is C14H17BrN2O2S2. The van der Waals surface area contributed by atoms with Gasteiger partial charge in [0.1, 0.15) is 4.21 Å². The first-order valence-electron chi connectivity index (χ1n) is 6.35. The molecule has 0 amide bonds. The van der Waals surface area contributed by atoms with Gasteiger partial charge in [-0.1, -0.05) is 30.3 Å². The Bertz CT molecular complexity index is 684. The molecular weight excluding hydrogens is 372 g/mol. The van der Waals surface area contributed by atoms with E-state index in [4.69, 9.17) is 0 Å². The van der Waals surface area contributed by atoms with Crippen molar-refractivity contribution in [1.29, 1.82) is 0 Å². The highest BCUT2D eigenvalue weighted by Gasteiger charge is 2.24. The molecule has 0 aliphatic carbocycles. The van der Waals surface area contributed by atoms with Crippen molar-refractivity contribution in [2.45, 2.75) is 10.3 Å². The summed E-state index contributed by atoms with van der Waals surface area (Å²) in [5.74, 6) is 0. The molecule has 1 heterocycles. The van der Waals surface area contributed by atoms with Crippen LogP contribution in [-0.2, 0) is 10.0 Å². The second kappa shape index (κ2) is 7.02. The lowest BCUT2D eigenvalue weighted by molar-refractivity contribution is 0.363. The van der Waals surface area contributed by atoms with Crippen molar-refractivity contribution in [2.24, 2.45) is 0 Å². The van der Waals surface area contributed by atoms with Crippen LogP contribution in [0.15, 0.2) is 50.5 Å². The Balaban J connectivity index is 2.29. The van der Waals surface area contributed by atoms with Gasteiger partial charge in [0.2, 0.25) is 0 Å². The SMILES string of the molecule is CN(C)CC(NS(=O)(=O)c1sccc1Br)c1ccccc1. The maximum atomic E-state index is 12.5. The van der Waals surface area contributed by atoms with E-state index >= 15 is 0 Å². The van der Waals surface area contributed by atoms with E-state index in [1.54, 1.807) is 11.4 Å². The molecule has 21 heavy (non-hydrogen) atoms. The number of sulfonamides is 1. The fourth-order valence-corrected chi connectivity index (χ4v) is 5.54. The summed E-state index contributed by atoms with van der Waals surface area (Å²) in [4.78, 5) is 1.96. The van der Waals surface area contributed by atoms with E-state index in [0.29, 0.717) is 15.2 Å². The second-order valence-corrected chi connectivity index (χ2v) is 8.58. The largest absolute Gasteiger partial charge is 0.307 e. The third-order valence-corrected chi connectivity index (χ3v) is 7.02. The molecule has 0 saturated heterocycles. The van der Waals surface area contributed by atoms with Gasteiger partial charge in [0.15, 0.2) is 0 Å². The average molecular weight is 389 g/mol. The Labute approximate surface area is 138 Å². The number of likely N-dealkylation sites (N-methyl/N-ethyl adjacent to an activating group) is 1. The molecule has 0 aliphatic rings. The van der Waals surface area contributed by atoms with Crippen molar-refractivity contribution in [3.63, 3.8) is 0 Å². The molecule has 1 aromatic heterocycles. The number of thiophene rings is 1. The van der Waals surface area contributed by atoms with Crippen molar-refractivity contribution in [2.75, 3.05) is 20.6 Å². The topological polar surface area (TPSA) is 49.4 Å².